The highest BCUT2D eigenvalue weighted by atomic mass is 16.3. The predicted octanol–water partition coefficient (Wildman–Crippen LogP) is 3.97. The number of amides is 2. The van der Waals surface area contributed by atoms with Crippen LogP contribution in [0.15, 0.2) is 72.2 Å². The van der Waals surface area contributed by atoms with E-state index < -0.39 is 5.91 Å². The van der Waals surface area contributed by atoms with Crippen LogP contribution in [0.5, 0.6) is 0 Å². The Balaban J connectivity index is 1.57. The first kappa shape index (κ1) is 25.8. The largest absolute Gasteiger partial charge is 0.392 e. The van der Waals surface area contributed by atoms with Crippen LogP contribution in [0.3, 0.4) is 0 Å². The van der Waals surface area contributed by atoms with Gasteiger partial charge in [0, 0.05) is 54.5 Å². The molecular weight excluding hydrogens is 504 g/mol. The molecule has 2 aromatic carbocycles. The lowest BCUT2D eigenvalue weighted by molar-refractivity contribution is -0.125. The Hall–Kier alpha value is -4.43. The normalized spacial score (nSPS) is 16.9. The number of aromatic nitrogens is 2. The predicted molar refractivity (Wildman–Crippen MR) is 155 cm³/mol. The summed E-state index contributed by atoms with van der Waals surface area (Å²) in [6.07, 6.45) is 6.16. The molecule has 1 unspecified atom stereocenters. The van der Waals surface area contributed by atoms with Crippen LogP contribution in [0.2, 0.25) is 0 Å². The van der Waals surface area contributed by atoms with E-state index in [1.165, 1.54) is 24.5 Å². The van der Waals surface area contributed by atoms with Crippen LogP contribution < -0.4 is 11.3 Å². The SMILES string of the molecule is C=CC(=O)N1CCC(c2cc3cc(C4CC4)ccc3c(=O)n2-c2cccc(-c3cc(C(N)=O)n(C)c3)c2CO)C1. The van der Waals surface area contributed by atoms with Crippen LogP contribution in [0.4, 0.5) is 0 Å². The zero-order valence-electron chi connectivity index (χ0n) is 22.5. The Morgan fingerprint density at radius 2 is 1.90 bits per heavy atom. The highest BCUT2D eigenvalue weighted by Crippen LogP contribution is 2.41. The zero-order chi connectivity index (χ0) is 28.1. The molecule has 204 valence electrons. The molecule has 1 atom stereocenters. The number of fused-ring (bicyclic) bond motifs is 1. The third-order valence-electron chi connectivity index (χ3n) is 8.33. The molecule has 1 aliphatic carbocycles. The van der Waals surface area contributed by atoms with Crippen molar-refractivity contribution in [3.05, 3.63) is 100 Å². The molecule has 1 saturated heterocycles. The molecule has 2 fully saturated rings. The van der Waals surface area contributed by atoms with Gasteiger partial charge >= 0.3 is 0 Å². The van der Waals surface area contributed by atoms with Gasteiger partial charge in [-0.3, -0.25) is 19.0 Å². The van der Waals surface area contributed by atoms with E-state index in [9.17, 15) is 19.5 Å². The number of likely N-dealkylation sites (tertiary alicyclic amines) is 1. The number of benzene rings is 2. The molecular formula is C32H32N4O4. The molecule has 2 aliphatic rings. The Kier molecular flexibility index (Phi) is 6.43. The minimum Gasteiger partial charge on any atom is -0.392 e. The van der Waals surface area contributed by atoms with Crippen molar-refractivity contribution in [2.45, 2.75) is 37.7 Å². The van der Waals surface area contributed by atoms with Crippen molar-refractivity contribution < 1.29 is 14.7 Å². The standard InChI is InChI=1S/C32H32N4O4/c1-3-30(38)35-12-11-21(17-35)28-14-22-13-20(19-7-8-19)9-10-25(22)32(40)36(28)27-6-4-5-24(26(27)18-37)23-15-29(31(33)39)34(2)16-23/h3-6,9-10,13-16,19,21,37H,1,7-8,11-12,17-18H2,2H3,(H2,33,39). The Morgan fingerprint density at radius 1 is 1.10 bits per heavy atom. The van der Waals surface area contributed by atoms with E-state index in [0.717, 1.165) is 16.6 Å². The number of nitrogens with two attached hydrogens (primary N) is 1. The van der Waals surface area contributed by atoms with Gasteiger partial charge < -0.3 is 20.3 Å². The van der Waals surface area contributed by atoms with Gasteiger partial charge in [0.2, 0.25) is 5.91 Å². The highest BCUT2D eigenvalue weighted by molar-refractivity contribution is 5.93. The second-order valence-electron chi connectivity index (χ2n) is 10.9. The zero-order valence-corrected chi connectivity index (χ0v) is 22.5. The van der Waals surface area contributed by atoms with Gasteiger partial charge in [-0.2, -0.15) is 0 Å². The van der Waals surface area contributed by atoms with Crippen LogP contribution >= 0.6 is 0 Å². The van der Waals surface area contributed by atoms with Crippen molar-refractivity contribution in [2.24, 2.45) is 12.8 Å². The maximum Gasteiger partial charge on any atom is 0.265 e. The fraction of sp³-hybridized carbons (Fsp3) is 0.281. The highest BCUT2D eigenvalue weighted by Gasteiger charge is 2.31. The maximum absolute atomic E-state index is 14.3. The monoisotopic (exact) mass is 536 g/mol. The number of hydrogen-bond acceptors (Lipinski definition) is 4. The molecule has 0 spiro atoms. The molecule has 3 heterocycles. The van der Waals surface area contributed by atoms with Gasteiger partial charge in [-0.25, -0.2) is 0 Å². The molecule has 4 aromatic rings. The minimum atomic E-state index is -0.547. The van der Waals surface area contributed by atoms with Crippen LogP contribution in [0, 0.1) is 0 Å². The number of carbonyl (C=O) groups excluding carboxylic acids is 2. The lowest BCUT2D eigenvalue weighted by Crippen LogP contribution is -2.28. The fourth-order valence-corrected chi connectivity index (χ4v) is 6.08. The number of hydrogen-bond donors (Lipinski definition) is 2. The summed E-state index contributed by atoms with van der Waals surface area (Å²) in [5, 5.41) is 12.1. The number of rotatable bonds is 7. The molecule has 0 bridgehead atoms. The Morgan fingerprint density at radius 3 is 2.58 bits per heavy atom. The lowest BCUT2D eigenvalue weighted by atomic mass is 9.96. The van der Waals surface area contributed by atoms with Gasteiger partial charge in [-0.05, 0) is 72.0 Å². The number of pyridine rings is 1. The molecule has 40 heavy (non-hydrogen) atoms. The van der Waals surface area contributed by atoms with E-state index in [2.05, 4.69) is 18.7 Å². The quantitative estimate of drug-likeness (QED) is 0.348. The fourth-order valence-electron chi connectivity index (χ4n) is 6.08. The maximum atomic E-state index is 14.3. The molecule has 8 nitrogen and oxygen atoms in total. The van der Waals surface area contributed by atoms with E-state index >= 15 is 0 Å². The summed E-state index contributed by atoms with van der Waals surface area (Å²) in [5.74, 6) is -0.190. The molecule has 2 amide bonds. The van der Waals surface area contributed by atoms with Crippen molar-refractivity contribution in [3.8, 4) is 16.8 Å². The average molecular weight is 537 g/mol. The number of aliphatic hydroxyl groups is 1. The van der Waals surface area contributed by atoms with E-state index in [0.29, 0.717) is 53.3 Å². The van der Waals surface area contributed by atoms with Crippen LogP contribution in [-0.4, -0.2) is 44.0 Å². The molecule has 3 N–H and O–H groups in total. The molecule has 1 aliphatic heterocycles. The number of carbonyl (C=O) groups is 2. The summed E-state index contributed by atoms with van der Waals surface area (Å²) >= 11 is 0. The molecule has 1 saturated carbocycles. The third kappa shape index (κ3) is 4.34. The first-order valence-electron chi connectivity index (χ1n) is 13.6. The first-order valence-corrected chi connectivity index (χ1v) is 13.6. The Labute approximate surface area is 231 Å². The van der Waals surface area contributed by atoms with E-state index in [4.69, 9.17) is 5.73 Å². The molecule has 8 heteroatoms. The second kappa shape index (κ2) is 9.95. The van der Waals surface area contributed by atoms with Crippen molar-refractivity contribution >= 4 is 22.6 Å². The lowest BCUT2D eigenvalue weighted by Gasteiger charge is -2.23. The van der Waals surface area contributed by atoms with Gasteiger partial charge in [0.05, 0.1) is 12.3 Å². The van der Waals surface area contributed by atoms with Crippen LogP contribution in [0.1, 0.15) is 58.4 Å². The van der Waals surface area contributed by atoms with Crippen molar-refractivity contribution in [1.82, 2.24) is 14.0 Å². The molecule has 6 rings (SSSR count). The number of aliphatic hydroxyl groups excluding tert-OH is 1. The number of nitrogens with zero attached hydrogens (tertiary/aromatic N) is 3. The summed E-state index contributed by atoms with van der Waals surface area (Å²) < 4.78 is 3.36. The summed E-state index contributed by atoms with van der Waals surface area (Å²) in [7, 11) is 1.74. The summed E-state index contributed by atoms with van der Waals surface area (Å²) in [5.41, 5.74) is 10.4. The van der Waals surface area contributed by atoms with Crippen molar-refractivity contribution in [1.29, 1.82) is 0 Å². The van der Waals surface area contributed by atoms with E-state index in [-0.39, 0.29) is 24.0 Å². The van der Waals surface area contributed by atoms with Gasteiger partial charge in [-0.1, -0.05) is 30.8 Å². The number of primary amides is 1. The summed E-state index contributed by atoms with van der Waals surface area (Å²) in [6, 6.07) is 15.4. The topological polar surface area (TPSA) is 111 Å². The Bertz CT molecular complexity index is 1740. The van der Waals surface area contributed by atoms with Crippen LogP contribution in [-0.2, 0) is 18.4 Å². The third-order valence-corrected chi connectivity index (χ3v) is 8.33. The molecule has 2 aromatic heterocycles. The van der Waals surface area contributed by atoms with Gasteiger partial charge in [-0.15, -0.1) is 0 Å². The average Bonchev–Trinajstić information content (AvgIpc) is 3.56. The summed E-state index contributed by atoms with van der Waals surface area (Å²) in [4.78, 5) is 40.3. The second-order valence-corrected chi connectivity index (χ2v) is 10.9. The first-order chi connectivity index (χ1) is 19.3. The van der Waals surface area contributed by atoms with Crippen molar-refractivity contribution in [2.75, 3.05) is 13.1 Å². The van der Waals surface area contributed by atoms with Crippen LogP contribution in [0.25, 0.3) is 27.6 Å². The van der Waals surface area contributed by atoms with E-state index in [1.54, 1.807) is 33.3 Å². The summed E-state index contributed by atoms with van der Waals surface area (Å²) in [6.45, 7) is 4.37. The molecule has 0 radical (unpaired) electrons. The van der Waals surface area contributed by atoms with Gasteiger partial charge in [0.1, 0.15) is 5.69 Å². The minimum absolute atomic E-state index is 0.0704. The smallest absolute Gasteiger partial charge is 0.265 e. The number of aryl methyl sites for hydroxylation is 1. The van der Waals surface area contributed by atoms with Gasteiger partial charge in [0.15, 0.2) is 0 Å². The van der Waals surface area contributed by atoms with Crippen molar-refractivity contribution in [3.63, 3.8) is 0 Å². The van der Waals surface area contributed by atoms with Gasteiger partial charge in [0.25, 0.3) is 11.5 Å². The van der Waals surface area contributed by atoms with E-state index in [1.807, 2.05) is 30.3 Å².